The summed E-state index contributed by atoms with van der Waals surface area (Å²) in [4.78, 5) is 0. The van der Waals surface area contributed by atoms with Gasteiger partial charge >= 0.3 is 0 Å². The predicted molar refractivity (Wildman–Crippen MR) is 48.8 cm³/mol. The zero-order valence-electron chi connectivity index (χ0n) is 8.13. The summed E-state index contributed by atoms with van der Waals surface area (Å²) in [6.45, 7) is 4.16. The highest BCUT2D eigenvalue weighted by atomic mass is 16.5. The summed E-state index contributed by atoms with van der Waals surface area (Å²) in [7, 11) is 3.43. The van der Waals surface area contributed by atoms with Gasteiger partial charge in [-0.3, -0.25) is 0 Å². The number of ether oxygens (including phenoxy) is 2. The van der Waals surface area contributed by atoms with Crippen LogP contribution in [0.2, 0.25) is 0 Å². The van der Waals surface area contributed by atoms with Gasteiger partial charge in [-0.25, -0.2) is 0 Å². The molecule has 0 heterocycles. The quantitative estimate of drug-likeness (QED) is 0.629. The van der Waals surface area contributed by atoms with E-state index in [0.717, 1.165) is 5.76 Å². The van der Waals surface area contributed by atoms with Crippen LogP contribution in [0.3, 0.4) is 0 Å². The minimum absolute atomic E-state index is 0.157. The Hall–Kier alpha value is -0.760. The largest absolute Gasteiger partial charge is 0.501 e. The highest BCUT2D eigenvalue weighted by Crippen LogP contribution is 2.25. The molecule has 0 N–H and O–H groups in total. The summed E-state index contributed by atoms with van der Waals surface area (Å²) >= 11 is 0. The molecule has 2 unspecified atom stereocenters. The van der Waals surface area contributed by atoms with Gasteiger partial charge in [0, 0.05) is 13.0 Å². The molecule has 2 atom stereocenters. The summed E-state index contributed by atoms with van der Waals surface area (Å²) in [5.74, 6) is 1.32. The molecule has 1 aliphatic carbocycles. The van der Waals surface area contributed by atoms with Gasteiger partial charge in [-0.05, 0) is 18.6 Å². The fourth-order valence-corrected chi connectivity index (χ4v) is 1.49. The molecule has 0 aromatic rings. The van der Waals surface area contributed by atoms with Gasteiger partial charge in [-0.2, -0.15) is 0 Å². The molecule has 2 nitrogen and oxygen atoms in total. The molecule has 0 aromatic heterocycles. The first-order valence-corrected chi connectivity index (χ1v) is 4.16. The van der Waals surface area contributed by atoms with E-state index >= 15 is 0 Å². The average Bonchev–Trinajstić information content (AvgIpc) is 2.08. The van der Waals surface area contributed by atoms with Crippen LogP contribution in [-0.4, -0.2) is 20.3 Å². The summed E-state index contributed by atoms with van der Waals surface area (Å²) in [5, 5.41) is 0. The van der Waals surface area contributed by atoms with Gasteiger partial charge in [0.15, 0.2) is 0 Å². The van der Waals surface area contributed by atoms with Crippen molar-refractivity contribution in [2.75, 3.05) is 14.2 Å². The fraction of sp³-hybridized carbons (Fsp3) is 0.600. The molecule has 0 amide bonds. The van der Waals surface area contributed by atoms with Crippen LogP contribution in [0.25, 0.3) is 0 Å². The lowest BCUT2D eigenvalue weighted by molar-refractivity contribution is 0.0811. The number of hydrogen-bond donors (Lipinski definition) is 0. The SMILES string of the molecule is COC1=CC(C)=CC(OC)C1C. The van der Waals surface area contributed by atoms with Crippen LogP contribution in [0.4, 0.5) is 0 Å². The summed E-state index contributed by atoms with van der Waals surface area (Å²) < 4.78 is 10.6. The van der Waals surface area contributed by atoms with E-state index in [1.807, 2.05) is 0 Å². The van der Waals surface area contributed by atoms with Crippen molar-refractivity contribution in [3.05, 3.63) is 23.5 Å². The van der Waals surface area contributed by atoms with Gasteiger partial charge < -0.3 is 9.47 Å². The molecule has 0 saturated heterocycles. The van der Waals surface area contributed by atoms with Crippen molar-refractivity contribution >= 4 is 0 Å². The molecule has 1 rings (SSSR count). The maximum absolute atomic E-state index is 5.31. The van der Waals surface area contributed by atoms with E-state index in [1.54, 1.807) is 14.2 Å². The molecule has 0 aliphatic heterocycles. The van der Waals surface area contributed by atoms with Crippen LogP contribution in [-0.2, 0) is 9.47 Å². The third-order valence-electron chi connectivity index (χ3n) is 2.25. The second-order valence-electron chi connectivity index (χ2n) is 3.15. The first-order valence-electron chi connectivity index (χ1n) is 4.16. The zero-order chi connectivity index (χ0) is 9.14. The molecule has 0 fully saturated rings. The van der Waals surface area contributed by atoms with E-state index in [0.29, 0.717) is 5.92 Å². The van der Waals surface area contributed by atoms with Crippen LogP contribution in [0.1, 0.15) is 13.8 Å². The molecule has 12 heavy (non-hydrogen) atoms. The number of methoxy groups -OCH3 is 2. The van der Waals surface area contributed by atoms with Gasteiger partial charge in [0.2, 0.25) is 0 Å². The lowest BCUT2D eigenvalue weighted by atomic mass is 9.94. The lowest BCUT2D eigenvalue weighted by Crippen LogP contribution is -2.23. The third kappa shape index (κ3) is 1.69. The van der Waals surface area contributed by atoms with Crippen molar-refractivity contribution in [1.82, 2.24) is 0 Å². The van der Waals surface area contributed by atoms with Crippen LogP contribution >= 0.6 is 0 Å². The molecule has 68 valence electrons. The van der Waals surface area contributed by atoms with Crippen molar-refractivity contribution in [2.24, 2.45) is 5.92 Å². The van der Waals surface area contributed by atoms with Crippen molar-refractivity contribution < 1.29 is 9.47 Å². The molecule has 0 saturated carbocycles. The molecule has 1 aliphatic rings. The first-order chi connectivity index (χ1) is 5.69. The molecule has 0 bridgehead atoms. The van der Waals surface area contributed by atoms with E-state index in [2.05, 4.69) is 26.0 Å². The monoisotopic (exact) mass is 168 g/mol. The molecule has 0 spiro atoms. The van der Waals surface area contributed by atoms with Gasteiger partial charge in [0.1, 0.15) is 5.76 Å². The van der Waals surface area contributed by atoms with Crippen molar-refractivity contribution in [3.8, 4) is 0 Å². The van der Waals surface area contributed by atoms with E-state index in [4.69, 9.17) is 9.47 Å². The minimum Gasteiger partial charge on any atom is -0.501 e. The second-order valence-corrected chi connectivity index (χ2v) is 3.15. The Balaban J connectivity index is 2.83. The number of hydrogen-bond acceptors (Lipinski definition) is 2. The van der Waals surface area contributed by atoms with E-state index < -0.39 is 0 Å². The topological polar surface area (TPSA) is 18.5 Å². The Morgan fingerprint density at radius 2 is 2.00 bits per heavy atom. The van der Waals surface area contributed by atoms with Crippen LogP contribution in [0.15, 0.2) is 23.5 Å². The highest BCUT2D eigenvalue weighted by Gasteiger charge is 2.22. The second kappa shape index (κ2) is 3.76. The van der Waals surface area contributed by atoms with Crippen molar-refractivity contribution in [1.29, 1.82) is 0 Å². The van der Waals surface area contributed by atoms with Crippen LogP contribution in [0.5, 0.6) is 0 Å². The maximum Gasteiger partial charge on any atom is 0.101 e. The third-order valence-corrected chi connectivity index (χ3v) is 2.25. The molecule has 0 aromatic carbocycles. The van der Waals surface area contributed by atoms with Gasteiger partial charge in [-0.1, -0.05) is 13.0 Å². The van der Waals surface area contributed by atoms with Gasteiger partial charge in [0.25, 0.3) is 0 Å². The first kappa shape index (κ1) is 9.33. The number of rotatable bonds is 2. The number of allylic oxidation sites excluding steroid dienone is 2. The van der Waals surface area contributed by atoms with Crippen molar-refractivity contribution in [3.63, 3.8) is 0 Å². The maximum atomic E-state index is 5.31. The van der Waals surface area contributed by atoms with E-state index in [1.165, 1.54) is 5.57 Å². The Morgan fingerprint density at radius 1 is 1.33 bits per heavy atom. The van der Waals surface area contributed by atoms with Gasteiger partial charge in [0.05, 0.1) is 13.2 Å². The van der Waals surface area contributed by atoms with E-state index in [-0.39, 0.29) is 6.10 Å². The molecular formula is C10H16O2. The minimum atomic E-state index is 0.157. The summed E-state index contributed by atoms with van der Waals surface area (Å²) in [6.07, 6.45) is 4.33. The van der Waals surface area contributed by atoms with Crippen LogP contribution in [0, 0.1) is 5.92 Å². The normalized spacial score (nSPS) is 29.3. The lowest BCUT2D eigenvalue weighted by Gasteiger charge is -2.25. The van der Waals surface area contributed by atoms with Crippen LogP contribution < -0.4 is 0 Å². The Bertz CT molecular complexity index is 216. The molecule has 2 heteroatoms. The average molecular weight is 168 g/mol. The van der Waals surface area contributed by atoms with E-state index in [9.17, 15) is 0 Å². The molecule has 0 radical (unpaired) electrons. The standard InChI is InChI=1S/C10H16O2/c1-7-5-9(11-3)8(2)10(6-7)12-4/h5-6,8-9H,1-4H3. The predicted octanol–water partition coefficient (Wildman–Crippen LogP) is 2.13. The Labute approximate surface area is 73.9 Å². The fourth-order valence-electron chi connectivity index (χ4n) is 1.49. The van der Waals surface area contributed by atoms with Crippen molar-refractivity contribution in [2.45, 2.75) is 20.0 Å². The smallest absolute Gasteiger partial charge is 0.101 e. The Kier molecular flexibility index (Phi) is 2.93. The summed E-state index contributed by atoms with van der Waals surface area (Å²) in [6, 6.07) is 0. The highest BCUT2D eigenvalue weighted by molar-refractivity contribution is 5.27. The Morgan fingerprint density at radius 3 is 2.50 bits per heavy atom. The summed E-state index contributed by atoms with van der Waals surface area (Å²) in [5.41, 5.74) is 1.21. The zero-order valence-corrected chi connectivity index (χ0v) is 8.13. The van der Waals surface area contributed by atoms with Gasteiger partial charge in [-0.15, -0.1) is 0 Å². The molecular weight excluding hydrogens is 152 g/mol.